The first-order valence-electron chi connectivity index (χ1n) is 32.1. The van der Waals surface area contributed by atoms with E-state index >= 15 is 0 Å². The van der Waals surface area contributed by atoms with Crippen LogP contribution in [0.1, 0.15) is 72.2 Å². The Kier molecular flexibility index (Phi) is 13.9. The molecule has 16 rings (SSSR count). The molecule has 2 heteroatoms. The monoisotopic (exact) mass is 1180 g/mol. The molecule has 0 amide bonds. The summed E-state index contributed by atoms with van der Waals surface area (Å²) >= 11 is 0. The van der Waals surface area contributed by atoms with E-state index in [9.17, 15) is 0 Å². The van der Waals surface area contributed by atoms with Gasteiger partial charge in [-0.05, 0) is 194 Å². The van der Waals surface area contributed by atoms with Crippen LogP contribution >= 0.6 is 0 Å². The number of anilines is 6. The lowest BCUT2D eigenvalue weighted by Gasteiger charge is -2.28. The van der Waals surface area contributed by atoms with E-state index in [0.29, 0.717) is 0 Å². The fourth-order valence-corrected chi connectivity index (χ4v) is 14.3. The highest BCUT2D eigenvalue weighted by Crippen LogP contribution is 2.53. The molecule has 0 N–H and O–H groups in total. The average molecular weight is 1180 g/mol. The lowest BCUT2D eigenvalue weighted by Crippen LogP contribution is -2.16. The maximum atomic E-state index is 2.43. The molecule has 2 aliphatic carbocycles. The molecule has 0 radical (unpaired) electrons. The molecule has 0 heterocycles. The van der Waals surface area contributed by atoms with Gasteiger partial charge in [-0.2, -0.15) is 0 Å². The van der Waals surface area contributed by atoms with Crippen LogP contribution in [0, 0.1) is 0 Å². The molecule has 0 fully saturated rings. The van der Waals surface area contributed by atoms with Gasteiger partial charge in [0.05, 0.1) is 0 Å². The van der Waals surface area contributed by atoms with Gasteiger partial charge >= 0.3 is 0 Å². The van der Waals surface area contributed by atoms with Gasteiger partial charge in [0, 0.05) is 45.0 Å². The third-order valence-corrected chi connectivity index (χ3v) is 19.4. The molecule has 0 atom stereocenters. The Morgan fingerprint density at radius 2 is 0.467 bits per heavy atom. The Labute approximate surface area is 540 Å². The smallest absolute Gasteiger partial charge is 0.0468 e. The van der Waals surface area contributed by atoms with Crippen molar-refractivity contribution in [1.82, 2.24) is 0 Å². The minimum absolute atomic E-state index is 0.204. The van der Waals surface area contributed by atoms with Gasteiger partial charge in [-0.15, -0.1) is 0 Å². The molecule has 0 saturated heterocycles. The van der Waals surface area contributed by atoms with Crippen LogP contribution in [0.15, 0.2) is 315 Å². The van der Waals surface area contributed by atoms with Crippen molar-refractivity contribution in [2.24, 2.45) is 0 Å². The van der Waals surface area contributed by atoms with Gasteiger partial charge < -0.3 is 9.80 Å². The second kappa shape index (κ2) is 22.9. The first kappa shape index (κ1) is 56.0. The number of hydrogen-bond acceptors (Lipinski definition) is 2. The van der Waals surface area contributed by atoms with Crippen LogP contribution in [-0.4, -0.2) is 0 Å². The fourth-order valence-electron chi connectivity index (χ4n) is 14.3. The van der Waals surface area contributed by atoms with Gasteiger partial charge in [0.25, 0.3) is 0 Å². The van der Waals surface area contributed by atoms with Crippen molar-refractivity contribution in [3.05, 3.63) is 360 Å². The third-order valence-electron chi connectivity index (χ3n) is 19.4. The zero-order valence-corrected chi connectivity index (χ0v) is 52.2. The van der Waals surface area contributed by atoms with Crippen molar-refractivity contribution >= 4 is 80.0 Å². The molecule has 14 aromatic rings. The summed E-state index contributed by atoms with van der Waals surface area (Å²) in [6.45, 7) is 9.51. The lowest BCUT2D eigenvalue weighted by atomic mass is 9.81. The number of rotatable bonds is 13. The second-order valence-electron chi connectivity index (χ2n) is 25.8. The third kappa shape index (κ3) is 10.3. The summed E-state index contributed by atoms with van der Waals surface area (Å²) in [7, 11) is 0. The summed E-state index contributed by atoms with van der Waals surface area (Å²) < 4.78 is 0. The van der Waals surface area contributed by atoms with Crippen LogP contribution in [0.2, 0.25) is 0 Å². The Bertz CT molecular complexity index is 4840. The van der Waals surface area contributed by atoms with Crippen LogP contribution in [0.25, 0.3) is 101 Å². The van der Waals surface area contributed by atoms with E-state index in [1.807, 2.05) is 0 Å². The highest BCUT2D eigenvalue weighted by Gasteiger charge is 2.38. The number of nitrogens with zero attached hydrogens (tertiary/aromatic N) is 2. The summed E-state index contributed by atoms with van der Waals surface area (Å²) in [4.78, 5) is 4.82. The van der Waals surface area contributed by atoms with E-state index in [2.05, 4.69) is 377 Å². The van der Waals surface area contributed by atoms with E-state index in [-0.39, 0.29) is 10.8 Å². The molecule has 0 aromatic heterocycles. The number of benzene rings is 14. The van der Waals surface area contributed by atoms with Gasteiger partial charge in [0.15, 0.2) is 0 Å². The molecule has 0 bridgehead atoms. The van der Waals surface area contributed by atoms with Crippen molar-refractivity contribution in [2.75, 3.05) is 9.80 Å². The average Bonchev–Trinajstić information content (AvgIpc) is 1.80. The van der Waals surface area contributed by atoms with E-state index in [0.717, 1.165) is 34.1 Å². The molecule has 14 aromatic carbocycles. The molecule has 2 aliphatic rings. The van der Waals surface area contributed by atoms with Gasteiger partial charge in [0.1, 0.15) is 0 Å². The highest BCUT2D eigenvalue weighted by atomic mass is 15.1. The second-order valence-corrected chi connectivity index (χ2v) is 25.8. The van der Waals surface area contributed by atoms with E-state index < -0.39 is 0 Å². The normalized spacial score (nSPS) is 13.3. The molecule has 92 heavy (non-hydrogen) atoms. The predicted octanol–water partition coefficient (Wildman–Crippen LogP) is 24.9. The molecular weight excluding hydrogens is 1110 g/mol. The summed E-state index contributed by atoms with van der Waals surface area (Å²) in [5.41, 5.74) is 28.9. The zero-order chi connectivity index (χ0) is 61.9. The predicted molar refractivity (Wildman–Crippen MR) is 393 cm³/mol. The van der Waals surface area contributed by atoms with Crippen molar-refractivity contribution < 1.29 is 0 Å². The van der Waals surface area contributed by atoms with E-state index in [1.54, 1.807) is 0 Å². The number of fused-ring (bicyclic) bond motifs is 8. The van der Waals surface area contributed by atoms with Crippen LogP contribution in [0.4, 0.5) is 34.1 Å². The van der Waals surface area contributed by atoms with Gasteiger partial charge in [-0.3, -0.25) is 0 Å². The summed E-state index contributed by atoms with van der Waals surface area (Å²) in [5, 5.41) is 4.91. The maximum absolute atomic E-state index is 2.43. The molecule has 0 aliphatic heterocycles. The van der Waals surface area contributed by atoms with E-state index in [4.69, 9.17) is 0 Å². The van der Waals surface area contributed by atoms with Crippen LogP contribution in [0.5, 0.6) is 0 Å². The van der Waals surface area contributed by atoms with Crippen LogP contribution in [0.3, 0.4) is 0 Å². The van der Waals surface area contributed by atoms with Gasteiger partial charge in [0.2, 0.25) is 0 Å². The lowest BCUT2D eigenvalue weighted by molar-refractivity contribution is 0.660. The number of hydrogen-bond donors (Lipinski definition) is 0. The molecular formula is C90H68N2. The summed E-state index contributed by atoms with van der Waals surface area (Å²) in [6.07, 6.45) is 8.99. The van der Waals surface area contributed by atoms with Crippen molar-refractivity contribution in [2.45, 2.75) is 38.5 Å². The molecule has 2 nitrogen and oxygen atoms in total. The summed E-state index contributed by atoms with van der Waals surface area (Å²) in [5.74, 6) is 0. The standard InChI is InChI=1S/C90H68N2/c1-89(2)85-55-63(31-51-81(85)83-53-49-79(59-87(83)89)91(77-47-41-67-19-11-13-21-73(67)57-77)75-43-37-71(38-44-75)65-15-7-5-8-16-65)25-23-61-27-33-69(34-28-61)70-35-29-62(30-36-70)24-26-64-32-52-82-84-54-50-80(60-88(84)90(3,4)86(82)56-64)92(78-48-42-68-20-12-14-22-74(68)58-78)76-45-39-72(40-46-76)66-17-9-6-10-18-66/h5-60H,1-4H3. The summed E-state index contributed by atoms with van der Waals surface area (Å²) in [6, 6.07) is 116. The van der Waals surface area contributed by atoms with Crippen molar-refractivity contribution in [3.8, 4) is 55.6 Å². The van der Waals surface area contributed by atoms with Gasteiger partial charge in [-0.1, -0.05) is 295 Å². The SMILES string of the molecule is CC1(C)c2cc(C=Cc3ccc(-c4ccc(C=Cc5ccc6c(c5)C(C)(C)c5cc(N(c7ccc(-c8ccccc8)cc7)c7ccc8ccccc8c7)ccc5-6)cc4)cc3)ccc2-c2ccc(N(c3ccc(-c4ccccc4)cc3)c3ccc4ccccc4c3)cc21. The van der Waals surface area contributed by atoms with Crippen LogP contribution in [-0.2, 0) is 10.8 Å². The van der Waals surface area contributed by atoms with E-state index in [1.165, 1.54) is 122 Å². The Morgan fingerprint density at radius 3 is 0.848 bits per heavy atom. The molecule has 0 spiro atoms. The maximum Gasteiger partial charge on any atom is 0.0468 e. The van der Waals surface area contributed by atoms with Crippen molar-refractivity contribution in [3.63, 3.8) is 0 Å². The van der Waals surface area contributed by atoms with Crippen LogP contribution < -0.4 is 9.80 Å². The Balaban J connectivity index is 0.602. The minimum Gasteiger partial charge on any atom is -0.310 e. The Morgan fingerprint density at radius 1 is 0.207 bits per heavy atom. The fraction of sp³-hybridized carbons (Fsp3) is 0.0667. The van der Waals surface area contributed by atoms with Gasteiger partial charge in [-0.25, -0.2) is 0 Å². The molecule has 0 saturated carbocycles. The Hall–Kier alpha value is -11.3. The largest absolute Gasteiger partial charge is 0.310 e. The molecule has 0 unspecified atom stereocenters. The first-order chi connectivity index (χ1) is 45.1. The topological polar surface area (TPSA) is 6.48 Å². The first-order valence-corrected chi connectivity index (χ1v) is 32.1. The van der Waals surface area contributed by atoms with Crippen molar-refractivity contribution in [1.29, 1.82) is 0 Å². The minimum atomic E-state index is -0.204. The zero-order valence-electron chi connectivity index (χ0n) is 52.2. The molecule has 438 valence electrons. The highest BCUT2D eigenvalue weighted by molar-refractivity contribution is 5.94. The quantitative estimate of drug-likeness (QED) is 0.106.